The first-order chi connectivity index (χ1) is 11.3. The van der Waals surface area contributed by atoms with Crippen LogP contribution in [0, 0.1) is 11.3 Å². The maximum Gasteiger partial charge on any atom is 0.307 e. The van der Waals surface area contributed by atoms with Crippen LogP contribution in [0.25, 0.3) is 0 Å². The maximum absolute atomic E-state index is 12.6. The summed E-state index contributed by atoms with van der Waals surface area (Å²) in [6, 6.07) is 6.15. The summed E-state index contributed by atoms with van der Waals surface area (Å²) in [5, 5.41) is 9.12. The number of sulfone groups is 1. The summed E-state index contributed by atoms with van der Waals surface area (Å²) >= 11 is 0. The second-order valence-electron chi connectivity index (χ2n) is 6.68. The van der Waals surface area contributed by atoms with Crippen molar-refractivity contribution >= 4 is 21.7 Å². The van der Waals surface area contributed by atoms with Gasteiger partial charge in [0.05, 0.1) is 16.6 Å². The van der Waals surface area contributed by atoms with Crippen LogP contribution in [0.2, 0.25) is 0 Å². The highest BCUT2D eigenvalue weighted by Gasteiger charge is 2.59. The fraction of sp³-hybridized carbons (Fsp3) is 0.529. The van der Waals surface area contributed by atoms with Gasteiger partial charge in [-0.25, -0.2) is 8.42 Å². The van der Waals surface area contributed by atoms with Crippen molar-refractivity contribution in [2.45, 2.75) is 31.1 Å². The van der Waals surface area contributed by atoms with E-state index in [1.165, 1.54) is 12.1 Å². The zero-order valence-electron chi connectivity index (χ0n) is 13.6. The molecule has 7 heteroatoms. The van der Waals surface area contributed by atoms with Crippen molar-refractivity contribution in [2.75, 3.05) is 18.8 Å². The average molecular weight is 351 g/mol. The van der Waals surface area contributed by atoms with Gasteiger partial charge in [0.2, 0.25) is 0 Å². The summed E-state index contributed by atoms with van der Waals surface area (Å²) in [7, 11) is -3.35. The fourth-order valence-electron chi connectivity index (χ4n) is 3.58. The van der Waals surface area contributed by atoms with Gasteiger partial charge in [-0.15, -0.1) is 0 Å². The van der Waals surface area contributed by atoms with Crippen molar-refractivity contribution in [2.24, 2.45) is 11.3 Å². The molecule has 6 nitrogen and oxygen atoms in total. The Bertz CT molecular complexity index is 778. The number of rotatable bonds is 4. The van der Waals surface area contributed by atoms with Crippen molar-refractivity contribution in [3.05, 3.63) is 29.8 Å². The molecule has 1 aromatic carbocycles. The first kappa shape index (κ1) is 17.0. The van der Waals surface area contributed by atoms with E-state index in [4.69, 9.17) is 5.11 Å². The van der Waals surface area contributed by atoms with Crippen molar-refractivity contribution in [3.8, 4) is 0 Å². The van der Waals surface area contributed by atoms with Gasteiger partial charge in [0.1, 0.15) is 0 Å². The predicted molar refractivity (Wildman–Crippen MR) is 87.5 cm³/mol. The summed E-state index contributed by atoms with van der Waals surface area (Å²) in [6.45, 7) is 2.61. The van der Waals surface area contributed by atoms with Gasteiger partial charge >= 0.3 is 5.97 Å². The number of likely N-dealkylation sites (tertiary alicyclic amines) is 1. The second kappa shape index (κ2) is 5.88. The number of aliphatic carboxylic acids is 1. The highest BCUT2D eigenvalue weighted by atomic mass is 32.2. The van der Waals surface area contributed by atoms with Crippen molar-refractivity contribution in [1.82, 2.24) is 4.90 Å². The molecule has 1 heterocycles. The SMILES string of the molecule is CCS(=O)(=O)c1cccc(C(=O)N2CCC3(CC2)CC3C(=O)O)c1. The Balaban J connectivity index is 1.70. The topological polar surface area (TPSA) is 91.8 Å². The van der Waals surface area contributed by atoms with Crippen LogP contribution in [-0.4, -0.2) is 49.1 Å². The van der Waals surface area contributed by atoms with Crippen LogP contribution in [0.15, 0.2) is 29.2 Å². The van der Waals surface area contributed by atoms with Crippen LogP contribution < -0.4 is 0 Å². The van der Waals surface area contributed by atoms with Crippen LogP contribution in [0.1, 0.15) is 36.5 Å². The van der Waals surface area contributed by atoms with Gasteiger partial charge in [-0.05, 0) is 42.9 Å². The van der Waals surface area contributed by atoms with E-state index in [1.54, 1.807) is 24.0 Å². The zero-order chi connectivity index (χ0) is 17.5. The van der Waals surface area contributed by atoms with E-state index >= 15 is 0 Å². The second-order valence-corrected chi connectivity index (χ2v) is 8.96. The molecular weight excluding hydrogens is 330 g/mol. The molecule has 1 unspecified atom stereocenters. The Morgan fingerprint density at radius 1 is 1.29 bits per heavy atom. The number of hydrogen-bond acceptors (Lipinski definition) is 4. The Kier molecular flexibility index (Phi) is 4.15. The molecule has 2 fully saturated rings. The monoisotopic (exact) mass is 351 g/mol. The molecule has 1 N–H and O–H groups in total. The van der Waals surface area contributed by atoms with Gasteiger partial charge in [-0.1, -0.05) is 13.0 Å². The number of hydrogen-bond donors (Lipinski definition) is 1. The van der Waals surface area contributed by atoms with Gasteiger partial charge in [0.25, 0.3) is 5.91 Å². The Labute approximate surface area is 141 Å². The minimum absolute atomic E-state index is 0.00649. The standard InChI is InChI=1S/C17H21NO5S/c1-2-24(22,23)13-5-3-4-12(10-13)15(19)18-8-6-17(7-9-18)11-14(17)16(20)21/h3-5,10,14H,2,6-9,11H2,1H3,(H,20,21). The molecule has 0 aromatic heterocycles. The average Bonchev–Trinajstić information content (AvgIpc) is 3.29. The molecule has 1 aliphatic heterocycles. The van der Waals surface area contributed by atoms with Crippen molar-refractivity contribution in [3.63, 3.8) is 0 Å². The first-order valence-electron chi connectivity index (χ1n) is 8.14. The highest BCUT2D eigenvalue weighted by molar-refractivity contribution is 7.91. The molecule has 2 aliphatic rings. The van der Waals surface area contributed by atoms with Crippen molar-refractivity contribution < 1.29 is 23.1 Å². The lowest BCUT2D eigenvalue weighted by Crippen LogP contribution is -2.40. The third-order valence-corrected chi connectivity index (χ3v) is 7.09. The van der Waals surface area contributed by atoms with Crippen LogP contribution in [-0.2, 0) is 14.6 Å². The predicted octanol–water partition coefficient (Wildman–Crippen LogP) is 1.81. The maximum atomic E-state index is 12.6. The van der Waals surface area contributed by atoms with E-state index in [2.05, 4.69) is 0 Å². The van der Waals surface area contributed by atoms with E-state index in [-0.39, 0.29) is 27.9 Å². The minimum atomic E-state index is -3.35. The summed E-state index contributed by atoms with van der Waals surface area (Å²) < 4.78 is 23.9. The Morgan fingerprint density at radius 3 is 2.50 bits per heavy atom. The number of carbonyl (C=O) groups is 2. The van der Waals surface area contributed by atoms with Gasteiger partial charge < -0.3 is 10.0 Å². The summed E-state index contributed by atoms with van der Waals surface area (Å²) in [5.74, 6) is -1.21. The van der Waals surface area contributed by atoms with E-state index in [1.807, 2.05) is 0 Å². The fourth-order valence-corrected chi connectivity index (χ4v) is 4.50. The zero-order valence-corrected chi connectivity index (χ0v) is 14.4. The molecule has 1 saturated carbocycles. The van der Waals surface area contributed by atoms with Crippen LogP contribution >= 0.6 is 0 Å². The van der Waals surface area contributed by atoms with E-state index in [9.17, 15) is 18.0 Å². The molecule has 1 atom stereocenters. The normalized spacial score (nSPS) is 22.4. The van der Waals surface area contributed by atoms with Crippen molar-refractivity contribution in [1.29, 1.82) is 0 Å². The lowest BCUT2D eigenvalue weighted by atomic mass is 9.90. The number of carbonyl (C=O) groups excluding carboxylic acids is 1. The molecule has 1 saturated heterocycles. The molecule has 0 radical (unpaired) electrons. The number of carboxylic acid groups (broad SMARTS) is 1. The minimum Gasteiger partial charge on any atom is -0.481 e. The number of nitrogens with zero attached hydrogens (tertiary/aromatic N) is 1. The summed E-state index contributed by atoms with van der Waals surface area (Å²) in [5.41, 5.74) is 0.238. The van der Waals surface area contributed by atoms with Crippen LogP contribution in [0.4, 0.5) is 0 Å². The Hall–Kier alpha value is -1.89. The Morgan fingerprint density at radius 2 is 1.96 bits per heavy atom. The third kappa shape index (κ3) is 2.92. The smallest absolute Gasteiger partial charge is 0.307 e. The number of carboxylic acids is 1. The number of piperidine rings is 1. The molecule has 1 amide bonds. The molecule has 0 bridgehead atoms. The first-order valence-corrected chi connectivity index (χ1v) is 9.79. The molecule has 1 spiro atoms. The number of benzene rings is 1. The lowest BCUT2D eigenvalue weighted by molar-refractivity contribution is -0.139. The summed E-state index contributed by atoms with van der Waals surface area (Å²) in [4.78, 5) is 25.6. The largest absolute Gasteiger partial charge is 0.481 e. The van der Waals surface area contributed by atoms with Gasteiger partial charge in [-0.3, -0.25) is 9.59 Å². The molecule has 1 aliphatic carbocycles. The summed E-state index contributed by atoms with van der Waals surface area (Å²) in [6.07, 6.45) is 2.10. The van der Waals surface area contributed by atoms with Crippen LogP contribution in [0.5, 0.6) is 0 Å². The van der Waals surface area contributed by atoms with Gasteiger partial charge in [0.15, 0.2) is 9.84 Å². The molecule has 3 rings (SSSR count). The van der Waals surface area contributed by atoms with Gasteiger partial charge in [0, 0.05) is 18.7 Å². The van der Waals surface area contributed by atoms with Crippen LogP contribution in [0.3, 0.4) is 0 Å². The molecule has 1 aromatic rings. The van der Waals surface area contributed by atoms with Gasteiger partial charge in [-0.2, -0.15) is 0 Å². The quantitative estimate of drug-likeness (QED) is 0.893. The number of amides is 1. The van der Waals surface area contributed by atoms with E-state index < -0.39 is 15.8 Å². The lowest BCUT2D eigenvalue weighted by Gasteiger charge is -2.32. The van der Waals surface area contributed by atoms with E-state index in [0.29, 0.717) is 37.9 Å². The molecule has 130 valence electrons. The molecular formula is C17H21NO5S. The van der Waals surface area contributed by atoms with E-state index in [0.717, 1.165) is 0 Å². The molecule has 24 heavy (non-hydrogen) atoms. The third-order valence-electron chi connectivity index (χ3n) is 5.35. The highest BCUT2D eigenvalue weighted by Crippen LogP contribution is 2.59.